The maximum absolute atomic E-state index is 13.4. The molecule has 7 nitrogen and oxygen atoms in total. The molecule has 2 aromatic carbocycles. The SMILES string of the molecule is Cc1cc(=O)c(C(=O)NC[C@@H](c2ccc(F)cc2)N2CCOCC2)nn1-c1ccccc1. The van der Waals surface area contributed by atoms with E-state index >= 15 is 0 Å². The summed E-state index contributed by atoms with van der Waals surface area (Å²) in [6.45, 7) is 4.60. The van der Waals surface area contributed by atoms with E-state index < -0.39 is 11.3 Å². The van der Waals surface area contributed by atoms with Crippen molar-refractivity contribution >= 4 is 5.91 Å². The molecule has 0 aliphatic carbocycles. The second kappa shape index (κ2) is 9.84. The number of aromatic nitrogens is 2. The van der Waals surface area contributed by atoms with Gasteiger partial charge in [-0.3, -0.25) is 14.5 Å². The van der Waals surface area contributed by atoms with Gasteiger partial charge >= 0.3 is 0 Å². The number of benzene rings is 2. The predicted octanol–water partition coefficient (Wildman–Crippen LogP) is 2.48. The number of para-hydroxylation sites is 1. The Bertz CT molecular complexity index is 1130. The molecule has 1 aliphatic heterocycles. The van der Waals surface area contributed by atoms with Crippen molar-refractivity contribution in [2.75, 3.05) is 32.8 Å². The first-order chi connectivity index (χ1) is 15.5. The summed E-state index contributed by atoms with van der Waals surface area (Å²) >= 11 is 0. The lowest BCUT2D eigenvalue weighted by molar-refractivity contribution is 0.0162. The molecule has 1 aromatic heterocycles. The van der Waals surface area contributed by atoms with Crippen LogP contribution in [0.2, 0.25) is 0 Å². The summed E-state index contributed by atoms with van der Waals surface area (Å²) in [5.74, 6) is -0.858. The van der Waals surface area contributed by atoms with Gasteiger partial charge in [-0.05, 0) is 36.8 Å². The van der Waals surface area contributed by atoms with Gasteiger partial charge in [-0.25, -0.2) is 9.07 Å². The molecule has 8 heteroatoms. The fourth-order valence-electron chi connectivity index (χ4n) is 3.84. The second-order valence-electron chi connectivity index (χ2n) is 7.67. The maximum Gasteiger partial charge on any atom is 0.275 e. The fourth-order valence-corrected chi connectivity index (χ4v) is 3.84. The van der Waals surface area contributed by atoms with Crippen LogP contribution in [0.25, 0.3) is 5.69 Å². The van der Waals surface area contributed by atoms with Gasteiger partial charge in [-0.2, -0.15) is 5.10 Å². The quantitative estimate of drug-likeness (QED) is 0.643. The standard InChI is InChI=1S/C24H25FN4O3/c1-17-15-22(30)23(27-29(17)20-5-3-2-4-6-20)24(31)26-16-21(28-11-13-32-14-12-28)18-7-9-19(25)10-8-18/h2-10,15,21H,11-14,16H2,1H3,(H,26,31)/t21-/m0/s1. The van der Waals surface area contributed by atoms with Crippen molar-refractivity contribution in [1.29, 1.82) is 0 Å². The molecule has 166 valence electrons. The van der Waals surface area contributed by atoms with Crippen LogP contribution in [0.15, 0.2) is 65.5 Å². The highest BCUT2D eigenvalue weighted by Gasteiger charge is 2.24. The summed E-state index contributed by atoms with van der Waals surface area (Å²) in [4.78, 5) is 27.6. The smallest absolute Gasteiger partial charge is 0.275 e. The largest absolute Gasteiger partial charge is 0.379 e. The molecular weight excluding hydrogens is 411 g/mol. The van der Waals surface area contributed by atoms with E-state index in [1.54, 1.807) is 23.7 Å². The third-order valence-corrected chi connectivity index (χ3v) is 5.52. The van der Waals surface area contributed by atoms with Gasteiger partial charge in [0.1, 0.15) is 5.82 Å². The van der Waals surface area contributed by atoms with Gasteiger partial charge in [0.15, 0.2) is 5.69 Å². The molecule has 4 rings (SSSR count). The zero-order valence-electron chi connectivity index (χ0n) is 17.8. The number of carbonyl (C=O) groups is 1. The van der Waals surface area contributed by atoms with Crippen LogP contribution in [0.1, 0.15) is 27.8 Å². The molecule has 2 heterocycles. The van der Waals surface area contributed by atoms with Gasteiger partial charge in [0, 0.05) is 31.4 Å². The Morgan fingerprint density at radius 1 is 1.12 bits per heavy atom. The summed E-state index contributed by atoms with van der Waals surface area (Å²) in [6.07, 6.45) is 0. The highest BCUT2D eigenvalue weighted by molar-refractivity contribution is 5.92. The summed E-state index contributed by atoms with van der Waals surface area (Å²) < 4.78 is 20.5. The van der Waals surface area contributed by atoms with Gasteiger partial charge in [0.05, 0.1) is 24.9 Å². The summed E-state index contributed by atoms with van der Waals surface area (Å²) in [7, 11) is 0. The molecule has 0 unspecified atom stereocenters. The summed E-state index contributed by atoms with van der Waals surface area (Å²) in [5, 5.41) is 7.18. The molecule has 1 amide bonds. The minimum atomic E-state index is -0.542. The summed E-state index contributed by atoms with van der Waals surface area (Å²) in [6, 6.07) is 16.8. The number of morpholine rings is 1. The van der Waals surface area contributed by atoms with Crippen molar-refractivity contribution in [3.8, 4) is 5.69 Å². The van der Waals surface area contributed by atoms with E-state index in [0.29, 0.717) is 32.0 Å². The van der Waals surface area contributed by atoms with E-state index in [1.165, 1.54) is 18.2 Å². The molecule has 1 atom stereocenters. The van der Waals surface area contributed by atoms with Gasteiger partial charge in [-0.1, -0.05) is 30.3 Å². The maximum atomic E-state index is 13.4. The van der Waals surface area contributed by atoms with E-state index in [1.807, 2.05) is 30.3 Å². The number of nitrogens with zero attached hydrogens (tertiary/aromatic N) is 3. The second-order valence-corrected chi connectivity index (χ2v) is 7.67. The average molecular weight is 436 g/mol. The number of carbonyl (C=O) groups excluding carboxylic acids is 1. The number of hydrogen-bond acceptors (Lipinski definition) is 5. The molecule has 1 saturated heterocycles. The third-order valence-electron chi connectivity index (χ3n) is 5.52. The first-order valence-corrected chi connectivity index (χ1v) is 10.5. The Kier molecular flexibility index (Phi) is 6.72. The van der Waals surface area contributed by atoms with Crippen LogP contribution in [-0.2, 0) is 4.74 Å². The first kappa shape index (κ1) is 21.9. The van der Waals surface area contributed by atoms with Crippen molar-refractivity contribution in [3.63, 3.8) is 0 Å². The minimum Gasteiger partial charge on any atom is -0.379 e. The Labute approximate surface area is 185 Å². The van der Waals surface area contributed by atoms with E-state index in [2.05, 4.69) is 15.3 Å². The van der Waals surface area contributed by atoms with Crippen molar-refractivity contribution in [2.45, 2.75) is 13.0 Å². The predicted molar refractivity (Wildman–Crippen MR) is 118 cm³/mol. The molecule has 0 spiro atoms. The molecule has 32 heavy (non-hydrogen) atoms. The van der Waals surface area contributed by atoms with E-state index in [4.69, 9.17) is 4.74 Å². The van der Waals surface area contributed by atoms with Crippen LogP contribution >= 0.6 is 0 Å². The fraction of sp³-hybridized carbons (Fsp3) is 0.292. The van der Waals surface area contributed by atoms with E-state index in [9.17, 15) is 14.0 Å². The molecule has 3 aromatic rings. The van der Waals surface area contributed by atoms with Crippen LogP contribution in [0.4, 0.5) is 4.39 Å². The molecular formula is C24H25FN4O3. The van der Waals surface area contributed by atoms with Crippen molar-refractivity contribution in [1.82, 2.24) is 20.0 Å². The van der Waals surface area contributed by atoms with Crippen LogP contribution in [0.3, 0.4) is 0 Å². The zero-order chi connectivity index (χ0) is 22.5. The topological polar surface area (TPSA) is 76.5 Å². The van der Waals surface area contributed by atoms with Crippen molar-refractivity contribution in [2.24, 2.45) is 0 Å². The first-order valence-electron chi connectivity index (χ1n) is 10.5. The lowest BCUT2D eigenvalue weighted by Crippen LogP contribution is -2.44. The number of nitrogens with one attached hydrogen (secondary N) is 1. The molecule has 1 N–H and O–H groups in total. The lowest BCUT2D eigenvalue weighted by Gasteiger charge is -2.34. The minimum absolute atomic E-state index is 0.167. The average Bonchev–Trinajstić information content (AvgIpc) is 2.81. The van der Waals surface area contributed by atoms with Crippen LogP contribution in [-0.4, -0.2) is 53.4 Å². The van der Waals surface area contributed by atoms with Crippen molar-refractivity contribution < 1.29 is 13.9 Å². The normalized spacial score (nSPS) is 15.3. The summed E-state index contributed by atoms with van der Waals surface area (Å²) in [5.41, 5.74) is 1.68. The number of rotatable bonds is 6. The van der Waals surface area contributed by atoms with Crippen LogP contribution in [0.5, 0.6) is 0 Å². The lowest BCUT2D eigenvalue weighted by atomic mass is 10.0. The third kappa shape index (κ3) is 4.92. The number of amides is 1. The number of hydrogen-bond donors (Lipinski definition) is 1. The highest BCUT2D eigenvalue weighted by atomic mass is 19.1. The van der Waals surface area contributed by atoms with Crippen molar-refractivity contribution in [3.05, 3.63) is 93.7 Å². The Hall–Kier alpha value is -3.36. The van der Waals surface area contributed by atoms with Gasteiger partial charge in [0.2, 0.25) is 5.43 Å². The van der Waals surface area contributed by atoms with Crippen LogP contribution < -0.4 is 10.7 Å². The van der Waals surface area contributed by atoms with Gasteiger partial charge < -0.3 is 10.1 Å². The number of halogens is 1. The monoisotopic (exact) mass is 436 g/mol. The zero-order valence-corrected chi connectivity index (χ0v) is 17.8. The Morgan fingerprint density at radius 2 is 1.81 bits per heavy atom. The highest BCUT2D eigenvalue weighted by Crippen LogP contribution is 2.22. The van der Waals surface area contributed by atoms with Crippen LogP contribution in [0, 0.1) is 12.7 Å². The Morgan fingerprint density at radius 3 is 2.50 bits per heavy atom. The molecule has 0 saturated carbocycles. The Balaban J connectivity index is 1.56. The number of ether oxygens (including phenoxy) is 1. The van der Waals surface area contributed by atoms with Gasteiger partial charge in [0.25, 0.3) is 5.91 Å². The molecule has 1 fully saturated rings. The molecule has 1 aliphatic rings. The molecule has 0 bridgehead atoms. The van der Waals surface area contributed by atoms with E-state index in [0.717, 1.165) is 11.3 Å². The van der Waals surface area contributed by atoms with E-state index in [-0.39, 0.29) is 24.1 Å². The molecule has 0 radical (unpaired) electrons. The van der Waals surface area contributed by atoms with Gasteiger partial charge in [-0.15, -0.1) is 0 Å². The number of aryl methyl sites for hydroxylation is 1.